The van der Waals surface area contributed by atoms with Gasteiger partial charge in [-0.2, -0.15) is 0 Å². The van der Waals surface area contributed by atoms with E-state index in [4.69, 9.17) is 11.2 Å². The molecule has 0 unspecified atom stereocenters. The molecule has 0 aromatic carbocycles. The molecule has 0 aliphatic carbocycles. The first-order chi connectivity index (χ1) is 4.31. The lowest BCUT2D eigenvalue weighted by Gasteiger charge is -2.02. The van der Waals surface area contributed by atoms with Crippen LogP contribution >= 0.6 is 0 Å². The first-order valence-corrected chi connectivity index (χ1v) is 2.99. The Bertz CT molecular complexity index is 119. The second-order valence-corrected chi connectivity index (χ2v) is 1.75. The second-order valence-electron chi connectivity index (χ2n) is 1.75. The fraction of sp³-hybridized carbons (Fsp3) is 0.500. The van der Waals surface area contributed by atoms with Crippen molar-refractivity contribution in [3.63, 3.8) is 0 Å². The Kier molecular flexibility index (Phi) is 4.95. The Morgan fingerprint density at radius 3 is 2.89 bits per heavy atom. The Hall–Kier alpha value is -0.740. The molecule has 0 saturated heterocycles. The molecule has 0 rings (SSSR count). The summed E-state index contributed by atoms with van der Waals surface area (Å²) in [7, 11) is 0. The summed E-state index contributed by atoms with van der Waals surface area (Å²) in [6.45, 7) is 4.30. The molecule has 9 heavy (non-hydrogen) atoms. The fourth-order valence-electron chi connectivity index (χ4n) is 0.506. The molecule has 0 heterocycles. The van der Waals surface area contributed by atoms with E-state index in [9.17, 15) is 0 Å². The van der Waals surface area contributed by atoms with Gasteiger partial charge in [0.25, 0.3) is 0 Å². The van der Waals surface area contributed by atoms with E-state index in [0.717, 1.165) is 0 Å². The van der Waals surface area contributed by atoms with Gasteiger partial charge in [-0.3, -0.25) is 0 Å². The molecule has 0 saturated carbocycles. The van der Waals surface area contributed by atoms with E-state index in [-0.39, 0.29) is 6.10 Å². The quantitative estimate of drug-likeness (QED) is 0.410. The number of hydrogen-bond donors (Lipinski definition) is 0. The Morgan fingerprint density at radius 1 is 1.78 bits per heavy atom. The third kappa shape index (κ3) is 5.13. The lowest BCUT2D eigenvalue weighted by Crippen LogP contribution is -2.03. The summed E-state index contributed by atoms with van der Waals surface area (Å²) in [5.41, 5.74) is 0. The number of rotatable bonds is 3. The summed E-state index contributed by atoms with van der Waals surface area (Å²) in [6.07, 6.45) is 9.02. The predicted molar refractivity (Wildman–Crippen MR) is 39.1 cm³/mol. The molecular formula is C8H12O. The molecule has 1 atom stereocenters. The third-order valence-corrected chi connectivity index (χ3v) is 0.893. The molecule has 1 heteroatoms. The SMILES string of the molecule is C#CCO[C@@H](C)/C=C/C. The van der Waals surface area contributed by atoms with Gasteiger partial charge in [0.2, 0.25) is 0 Å². The van der Waals surface area contributed by atoms with E-state index in [2.05, 4.69) is 5.92 Å². The van der Waals surface area contributed by atoms with Gasteiger partial charge in [0.1, 0.15) is 6.61 Å². The molecule has 1 nitrogen and oxygen atoms in total. The van der Waals surface area contributed by atoms with E-state index in [1.165, 1.54) is 0 Å². The van der Waals surface area contributed by atoms with Crippen LogP contribution in [0.1, 0.15) is 13.8 Å². The van der Waals surface area contributed by atoms with Crippen LogP contribution in [0.25, 0.3) is 0 Å². The summed E-state index contributed by atoms with van der Waals surface area (Å²) in [5.74, 6) is 2.40. The Morgan fingerprint density at radius 2 is 2.44 bits per heavy atom. The number of hydrogen-bond acceptors (Lipinski definition) is 1. The number of terminal acetylenes is 1. The van der Waals surface area contributed by atoms with E-state index in [0.29, 0.717) is 6.61 Å². The van der Waals surface area contributed by atoms with Crippen molar-refractivity contribution in [2.75, 3.05) is 6.61 Å². The van der Waals surface area contributed by atoms with E-state index >= 15 is 0 Å². The second kappa shape index (κ2) is 5.40. The molecule has 0 radical (unpaired) electrons. The highest BCUT2D eigenvalue weighted by Gasteiger charge is 1.90. The summed E-state index contributed by atoms with van der Waals surface area (Å²) in [4.78, 5) is 0. The molecule has 0 spiro atoms. The minimum Gasteiger partial charge on any atom is -0.362 e. The van der Waals surface area contributed by atoms with Gasteiger partial charge in [-0.25, -0.2) is 0 Å². The molecule has 0 fully saturated rings. The highest BCUT2D eigenvalue weighted by Crippen LogP contribution is 1.90. The zero-order chi connectivity index (χ0) is 7.11. The maximum Gasteiger partial charge on any atom is 0.108 e. The molecule has 0 aromatic rings. The van der Waals surface area contributed by atoms with Crippen LogP contribution in [0, 0.1) is 12.3 Å². The number of allylic oxidation sites excluding steroid dienone is 1. The van der Waals surface area contributed by atoms with Crippen LogP contribution in [0.15, 0.2) is 12.2 Å². The lowest BCUT2D eigenvalue weighted by atomic mass is 10.4. The first kappa shape index (κ1) is 8.26. The topological polar surface area (TPSA) is 9.23 Å². The van der Waals surface area contributed by atoms with Crippen LogP contribution in [0.3, 0.4) is 0 Å². The molecule has 50 valence electrons. The van der Waals surface area contributed by atoms with Crippen molar-refractivity contribution in [3.05, 3.63) is 12.2 Å². The largest absolute Gasteiger partial charge is 0.362 e. The van der Waals surface area contributed by atoms with Crippen molar-refractivity contribution in [2.45, 2.75) is 20.0 Å². The van der Waals surface area contributed by atoms with Gasteiger partial charge >= 0.3 is 0 Å². The summed E-state index contributed by atoms with van der Waals surface area (Å²) in [5, 5.41) is 0. The van der Waals surface area contributed by atoms with Gasteiger partial charge < -0.3 is 4.74 Å². The highest BCUT2D eigenvalue weighted by molar-refractivity contribution is 4.87. The zero-order valence-electron chi connectivity index (χ0n) is 5.92. The molecule has 0 bridgehead atoms. The molecular weight excluding hydrogens is 112 g/mol. The molecule has 0 N–H and O–H groups in total. The van der Waals surface area contributed by atoms with Crippen LogP contribution in [0.4, 0.5) is 0 Å². The Labute approximate surface area is 56.7 Å². The van der Waals surface area contributed by atoms with Crippen LogP contribution in [-0.4, -0.2) is 12.7 Å². The highest BCUT2D eigenvalue weighted by atomic mass is 16.5. The maximum absolute atomic E-state index is 5.11. The monoisotopic (exact) mass is 124 g/mol. The van der Waals surface area contributed by atoms with Gasteiger partial charge in [0.05, 0.1) is 6.10 Å². The van der Waals surface area contributed by atoms with Gasteiger partial charge in [-0.05, 0) is 13.8 Å². The smallest absolute Gasteiger partial charge is 0.108 e. The van der Waals surface area contributed by atoms with Crippen LogP contribution < -0.4 is 0 Å². The predicted octanol–water partition coefficient (Wildman–Crippen LogP) is 1.60. The average molecular weight is 124 g/mol. The average Bonchev–Trinajstić information content (AvgIpc) is 1.85. The Balaban J connectivity index is 3.29. The molecule has 0 amide bonds. The van der Waals surface area contributed by atoms with Crippen LogP contribution in [-0.2, 0) is 4.74 Å². The van der Waals surface area contributed by atoms with E-state index < -0.39 is 0 Å². The summed E-state index contributed by atoms with van der Waals surface area (Å²) < 4.78 is 5.11. The van der Waals surface area contributed by atoms with Crippen molar-refractivity contribution >= 4 is 0 Å². The van der Waals surface area contributed by atoms with Crippen LogP contribution in [0.5, 0.6) is 0 Å². The molecule has 0 aromatic heterocycles. The molecule has 0 aliphatic rings. The third-order valence-electron chi connectivity index (χ3n) is 0.893. The van der Waals surface area contributed by atoms with Crippen LogP contribution in [0.2, 0.25) is 0 Å². The van der Waals surface area contributed by atoms with Gasteiger partial charge in [0.15, 0.2) is 0 Å². The van der Waals surface area contributed by atoms with Gasteiger partial charge in [-0.15, -0.1) is 6.42 Å². The van der Waals surface area contributed by atoms with Crippen molar-refractivity contribution in [1.82, 2.24) is 0 Å². The zero-order valence-corrected chi connectivity index (χ0v) is 5.92. The summed E-state index contributed by atoms with van der Waals surface area (Å²) in [6, 6.07) is 0. The first-order valence-electron chi connectivity index (χ1n) is 2.99. The van der Waals surface area contributed by atoms with E-state index in [1.807, 2.05) is 26.0 Å². The van der Waals surface area contributed by atoms with Gasteiger partial charge in [0, 0.05) is 0 Å². The van der Waals surface area contributed by atoms with Crippen molar-refractivity contribution in [3.8, 4) is 12.3 Å². The minimum atomic E-state index is 0.144. The minimum absolute atomic E-state index is 0.144. The van der Waals surface area contributed by atoms with Crippen molar-refractivity contribution in [2.24, 2.45) is 0 Å². The van der Waals surface area contributed by atoms with Gasteiger partial charge in [-0.1, -0.05) is 18.1 Å². The summed E-state index contributed by atoms with van der Waals surface area (Å²) >= 11 is 0. The lowest BCUT2D eigenvalue weighted by molar-refractivity contribution is 0.127. The van der Waals surface area contributed by atoms with Crippen molar-refractivity contribution < 1.29 is 4.74 Å². The molecule has 0 aliphatic heterocycles. The van der Waals surface area contributed by atoms with E-state index in [1.54, 1.807) is 0 Å². The fourth-order valence-corrected chi connectivity index (χ4v) is 0.506. The number of ether oxygens (including phenoxy) is 1. The normalized spacial score (nSPS) is 13.4. The van der Waals surface area contributed by atoms with Crippen molar-refractivity contribution in [1.29, 1.82) is 0 Å². The standard InChI is InChI=1S/C8H12O/c1-4-6-8(3)9-7-5-2/h2,4,6,8H,7H2,1,3H3/b6-4+/t8-/m0/s1. The maximum atomic E-state index is 5.11.